The molecule has 0 radical (unpaired) electrons. The molecule has 1 aliphatic heterocycles. The summed E-state index contributed by atoms with van der Waals surface area (Å²) in [5.41, 5.74) is 0.369. The largest absolute Gasteiger partial charge is 0.395 e. The van der Waals surface area contributed by atoms with E-state index in [0.29, 0.717) is 30.3 Å². The predicted molar refractivity (Wildman–Crippen MR) is 77.2 cm³/mol. The van der Waals surface area contributed by atoms with Crippen LogP contribution < -0.4 is 5.32 Å². The highest BCUT2D eigenvalue weighted by Gasteiger charge is 2.24. The molecule has 21 heavy (non-hydrogen) atoms. The van der Waals surface area contributed by atoms with Gasteiger partial charge in [0.05, 0.1) is 32.4 Å². The number of ether oxygens (including phenoxy) is 1. The van der Waals surface area contributed by atoms with Crippen LogP contribution in [0.4, 0.5) is 0 Å². The van der Waals surface area contributed by atoms with Crippen molar-refractivity contribution in [3.05, 3.63) is 34.9 Å². The molecule has 0 saturated carbocycles. The first kappa shape index (κ1) is 15.9. The molecular formula is C14H17ClN2O4. The van der Waals surface area contributed by atoms with E-state index < -0.39 is 11.8 Å². The number of carbonyl (C=O) groups is 2. The third kappa shape index (κ3) is 4.50. The van der Waals surface area contributed by atoms with Gasteiger partial charge < -0.3 is 9.84 Å². The number of aliphatic hydroxyl groups excluding tert-OH is 1. The minimum atomic E-state index is -0.467. The first-order valence-corrected chi connectivity index (χ1v) is 7.00. The average molecular weight is 313 g/mol. The van der Waals surface area contributed by atoms with Crippen molar-refractivity contribution in [3.8, 4) is 0 Å². The molecule has 1 aliphatic rings. The monoisotopic (exact) mass is 312 g/mol. The molecule has 1 atom stereocenters. The van der Waals surface area contributed by atoms with Gasteiger partial charge in [-0.2, -0.15) is 0 Å². The number of amides is 2. The van der Waals surface area contributed by atoms with E-state index in [4.69, 9.17) is 16.3 Å². The summed E-state index contributed by atoms with van der Waals surface area (Å²) in [4.78, 5) is 25.6. The molecule has 7 heteroatoms. The van der Waals surface area contributed by atoms with Crippen molar-refractivity contribution in [1.29, 1.82) is 0 Å². The Balaban J connectivity index is 1.88. The quantitative estimate of drug-likeness (QED) is 0.835. The number of nitrogens with zero attached hydrogens (tertiary/aromatic N) is 1. The number of carbonyl (C=O) groups excluding carboxylic acids is 2. The van der Waals surface area contributed by atoms with Gasteiger partial charge in [0.2, 0.25) is 5.91 Å². The number of hydrogen-bond acceptors (Lipinski definition) is 5. The van der Waals surface area contributed by atoms with Gasteiger partial charge in [-0.3, -0.25) is 19.8 Å². The maximum Gasteiger partial charge on any atom is 0.257 e. The fourth-order valence-electron chi connectivity index (χ4n) is 2.09. The van der Waals surface area contributed by atoms with Crippen LogP contribution in [0.15, 0.2) is 24.3 Å². The van der Waals surface area contributed by atoms with Gasteiger partial charge in [0.25, 0.3) is 5.91 Å². The molecule has 2 N–H and O–H groups in total. The maximum atomic E-state index is 11.9. The Morgan fingerprint density at radius 1 is 1.38 bits per heavy atom. The molecule has 0 aromatic heterocycles. The fourth-order valence-corrected chi connectivity index (χ4v) is 2.22. The molecule has 0 bridgehead atoms. The van der Waals surface area contributed by atoms with Crippen molar-refractivity contribution in [1.82, 2.24) is 10.2 Å². The van der Waals surface area contributed by atoms with E-state index in [0.717, 1.165) is 0 Å². The van der Waals surface area contributed by atoms with Crippen LogP contribution in [-0.2, 0) is 9.53 Å². The van der Waals surface area contributed by atoms with Gasteiger partial charge in [0.1, 0.15) is 0 Å². The summed E-state index contributed by atoms with van der Waals surface area (Å²) in [5.74, 6) is -0.874. The van der Waals surface area contributed by atoms with Crippen LogP contribution in [0.1, 0.15) is 10.4 Å². The van der Waals surface area contributed by atoms with E-state index in [1.165, 1.54) is 0 Å². The molecule has 1 saturated heterocycles. The minimum Gasteiger partial charge on any atom is -0.395 e. The zero-order chi connectivity index (χ0) is 15.2. The number of halogens is 1. The molecule has 1 unspecified atom stereocenters. The Morgan fingerprint density at radius 2 is 2.10 bits per heavy atom. The maximum absolute atomic E-state index is 11.9. The summed E-state index contributed by atoms with van der Waals surface area (Å²) < 4.78 is 5.23. The van der Waals surface area contributed by atoms with Crippen LogP contribution in [0.3, 0.4) is 0 Å². The summed E-state index contributed by atoms with van der Waals surface area (Å²) in [7, 11) is 0. The second-order valence-electron chi connectivity index (χ2n) is 4.77. The molecule has 2 amide bonds. The summed E-state index contributed by atoms with van der Waals surface area (Å²) >= 11 is 5.74. The van der Waals surface area contributed by atoms with E-state index in [1.54, 1.807) is 29.2 Å². The minimum absolute atomic E-state index is 0.0495. The third-order valence-corrected chi connectivity index (χ3v) is 3.52. The summed E-state index contributed by atoms with van der Waals surface area (Å²) in [6.45, 7) is 1.41. The van der Waals surface area contributed by atoms with Gasteiger partial charge in [-0.05, 0) is 24.3 Å². The normalized spacial score (nSPS) is 19.2. The number of rotatable bonds is 4. The molecule has 0 spiro atoms. The van der Waals surface area contributed by atoms with Crippen molar-refractivity contribution < 1.29 is 19.4 Å². The number of hydrogen-bond donors (Lipinski definition) is 2. The van der Waals surface area contributed by atoms with E-state index >= 15 is 0 Å². The Kier molecular flexibility index (Phi) is 5.69. The van der Waals surface area contributed by atoms with Crippen LogP contribution >= 0.6 is 11.6 Å². The standard InChI is InChI=1S/C14H17ClN2O4/c15-11-3-1-10(2-4-11)14(20)16-13(19)7-17-5-6-21-9-12(17)8-18/h1-4,12,18H,5-9H2,(H,16,19,20). The molecule has 1 heterocycles. The number of benzene rings is 1. The molecule has 6 nitrogen and oxygen atoms in total. The van der Waals surface area contributed by atoms with Crippen molar-refractivity contribution in [2.45, 2.75) is 6.04 Å². The summed E-state index contributed by atoms with van der Waals surface area (Å²) in [5, 5.41) is 12.1. The molecule has 2 rings (SSSR count). The smallest absolute Gasteiger partial charge is 0.257 e. The highest BCUT2D eigenvalue weighted by atomic mass is 35.5. The van der Waals surface area contributed by atoms with Crippen LogP contribution in [-0.4, -0.2) is 60.8 Å². The second kappa shape index (κ2) is 7.51. The summed E-state index contributed by atoms with van der Waals surface area (Å²) in [6, 6.07) is 6.07. The average Bonchev–Trinajstić information content (AvgIpc) is 2.48. The van der Waals surface area contributed by atoms with Crippen molar-refractivity contribution >= 4 is 23.4 Å². The molecule has 114 valence electrons. The van der Waals surface area contributed by atoms with Crippen LogP contribution in [0.25, 0.3) is 0 Å². The second-order valence-corrected chi connectivity index (χ2v) is 5.20. The van der Waals surface area contributed by atoms with E-state index in [1.807, 2.05) is 0 Å². The van der Waals surface area contributed by atoms with Gasteiger partial charge in [-0.15, -0.1) is 0 Å². The van der Waals surface area contributed by atoms with E-state index in [9.17, 15) is 14.7 Å². The first-order chi connectivity index (χ1) is 10.1. The van der Waals surface area contributed by atoms with Crippen LogP contribution in [0.5, 0.6) is 0 Å². The number of morpholine rings is 1. The van der Waals surface area contributed by atoms with Crippen molar-refractivity contribution in [2.75, 3.05) is 32.9 Å². The number of nitrogens with one attached hydrogen (secondary N) is 1. The Hall–Kier alpha value is -1.47. The lowest BCUT2D eigenvalue weighted by molar-refractivity contribution is -0.124. The molecule has 1 aromatic carbocycles. The zero-order valence-electron chi connectivity index (χ0n) is 11.4. The van der Waals surface area contributed by atoms with Crippen LogP contribution in [0, 0.1) is 0 Å². The molecule has 1 aromatic rings. The van der Waals surface area contributed by atoms with Gasteiger partial charge in [0, 0.05) is 17.1 Å². The highest BCUT2D eigenvalue weighted by molar-refractivity contribution is 6.30. The zero-order valence-corrected chi connectivity index (χ0v) is 12.2. The van der Waals surface area contributed by atoms with Gasteiger partial charge >= 0.3 is 0 Å². The first-order valence-electron chi connectivity index (χ1n) is 6.62. The highest BCUT2D eigenvalue weighted by Crippen LogP contribution is 2.09. The van der Waals surface area contributed by atoms with Gasteiger partial charge in [-0.25, -0.2) is 0 Å². The lowest BCUT2D eigenvalue weighted by atomic mass is 10.2. The summed E-state index contributed by atoms with van der Waals surface area (Å²) in [6.07, 6.45) is 0. The Morgan fingerprint density at radius 3 is 2.76 bits per heavy atom. The van der Waals surface area contributed by atoms with Crippen molar-refractivity contribution in [2.24, 2.45) is 0 Å². The predicted octanol–water partition coefficient (Wildman–Crippen LogP) is 0.289. The van der Waals surface area contributed by atoms with Crippen molar-refractivity contribution in [3.63, 3.8) is 0 Å². The topological polar surface area (TPSA) is 78.9 Å². The molecular weight excluding hydrogens is 296 g/mol. The molecule has 1 fully saturated rings. The van der Waals surface area contributed by atoms with Crippen LogP contribution in [0.2, 0.25) is 5.02 Å². The van der Waals surface area contributed by atoms with Gasteiger partial charge in [-0.1, -0.05) is 11.6 Å². The Bertz CT molecular complexity index is 506. The van der Waals surface area contributed by atoms with E-state index in [2.05, 4.69) is 5.32 Å². The molecule has 0 aliphatic carbocycles. The number of aliphatic hydroxyl groups is 1. The fraction of sp³-hybridized carbons (Fsp3) is 0.429. The lowest BCUT2D eigenvalue weighted by Crippen LogP contribution is -2.51. The Labute approximate surface area is 127 Å². The van der Waals surface area contributed by atoms with E-state index in [-0.39, 0.29) is 19.2 Å². The van der Waals surface area contributed by atoms with Gasteiger partial charge in [0.15, 0.2) is 0 Å². The SMILES string of the molecule is O=C(CN1CCOCC1CO)NC(=O)c1ccc(Cl)cc1. The third-order valence-electron chi connectivity index (χ3n) is 3.27. The number of imide groups is 1. The lowest BCUT2D eigenvalue weighted by Gasteiger charge is -2.33.